The van der Waals surface area contributed by atoms with E-state index >= 15 is 0 Å². The number of hydrogen-bond acceptors (Lipinski definition) is 2. The van der Waals surface area contributed by atoms with E-state index in [2.05, 4.69) is 37.8 Å². The third-order valence-electron chi connectivity index (χ3n) is 3.20. The summed E-state index contributed by atoms with van der Waals surface area (Å²) in [6, 6.07) is 8.51. The standard InChI is InChI=1S/C15H23NO2/c1-5-13-8-6-7-9-14(13)16(11(2)3)10-12(4)15(17)18/h6-9,11-12H,5,10H2,1-4H3,(H,17,18). The SMILES string of the molecule is CCc1ccccc1N(CC(C)C(=O)O)C(C)C. The van der Waals surface area contributed by atoms with E-state index in [4.69, 9.17) is 5.11 Å². The van der Waals surface area contributed by atoms with E-state index in [0.717, 1.165) is 12.1 Å². The first-order valence-corrected chi connectivity index (χ1v) is 6.54. The second kappa shape index (κ2) is 6.43. The second-order valence-corrected chi connectivity index (χ2v) is 4.97. The van der Waals surface area contributed by atoms with Gasteiger partial charge in [-0.3, -0.25) is 4.79 Å². The van der Waals surface area contributed by atoms with Crippen molar-refractivity contribution in [3.05, 3.63) is 29.8 Å². The third kappa shape index (κ3) is 3.49. The molecular weight excluding hydrogens is 226 g/mol. The van der Waals surface area contributed by atoms with E-state index in [9.17, 15) is 4.79 Å². The Labute approximate surface area is 109 Å². The van der Waals surface area contributed by atoms with Crippen molar-refractivity contribution in [1.29, 1.82) is 0 Å². The van der Waals surface area contributed by atoms with Crippen LogP contribution in [0.1, 0.15) is 33.3 Å². The van der Waals surface area contributed by atoms with Crippen LogP contribution in [0.2, 0.25) is 0 Å². The summed E-state index contributed by atoms with van der Waals surface area (Å²) in [5.74, 6) is -1.10. The Morgan fingerprint density at radius 2 is 1.89 bits per heavy atom. The first-order valence-electron chi connectivity index (χ1n) is 6.54. The molecule has 3 nitrogen and oxygen atoms in total. The Balaban J connectivity index is 3.01. The van der Waals surface area contributed by atoms with E-state index in [1.165, 1.54) is 5.56 Å². The van der Waals surface area contributed by atoms with E-state index in [0.29, 0.717) is 12.6 Å². The summed E-state index contributed by atoms with van der Waals surface area (Å²) in [4.78, 5) is 13.2. The van der Waals surface area contributed by atoms with E-state index in [1.54, 1.807) is 6.92 Å². The molecular formula is C15H23NO2. The van der Waals surface area contributed by atoms with Gasteiger partial charge in [-0.15, -0.1) is 0 Å². The summed E-state index contributed by atoms with van der Waals surface area (Å²) in [7, 11) is 0. The number of nitrogens with zero attached hydrogens (tertiary/aromatic N) is 1. The van der Waals surface area contributed by atoms with Gasteiger partial charge in [-0.2, -0.15) is 0 Å². The Morgan fingerprint density at radius 1 is 1.28 bits per heavy atom. The van der Waals surface area contributed by atoms with E-state index in [-0.39, 0.29) is 5.92 Å². The lowest BCUT2D eigenvalue weighted by Gasteiger charge is -2.32. The minimum Gasteiger partial charge on any atom is -0.481 e. The highest BCUT2D eigenvalue weighted by atomic mass is 16.4. The van der Waals surface area contributed by atoms with Crippen LogP contribution in [0.15, 0.2) is 24.3 Å². The van der Waals surface area contributed by atoms with Crippen LogP contribution in [-0.2, 0) is 11.2 Å². The number of aliphatic carboxylic acids is 1. The summed E-state index contributed by atoms with van der Waals surface area (Å²) in [6.45, 7) is 8.62. The molecule has 0 amide bonds. The van der Waals surface area contributed by atoms with Crippen molar-refractivity contribution in [3.8, 4) is 0 Å². The monoisotopic (exact) mass is 249 g/mol. The fourth-order valence-electron chi connectivity index (χ4n) is 2.05. The first kappa shape index (κ1) is 14.6. The van der Waals surface area contributed by atoms with Gasteiger partial charge in [0.1, 0.15) is 0 Å². The smallest absolute Gasteiger partial charge is 0.308 e. The van der Waals surface area contributed by atoms with Crippen LogP contribution in [0.3, 0.4) is 0 Å². The van der Waals surface area contributed by atoms with Crippen LogP contribution in [0.25, 0.3) is 0 Å². The number of carboxylic acid groups (broad SMARTS) is 1. The van der Waals surface area contributed by atoms with Crippen molar-refractivity contribution < 1.29 is 9.90 Å². The molecule has 0 aliphatic carbocycles. The summed E-state index contributed by atoms with van der Waals surface area (Å²) < 4.78 is 0. The van der Waals surface area contributed by atoms with Gasteiger partial charge in [0.2, 0.25) is 0 Å². The van der Waals surface area contributed by atoms with Crippen LogP contribution in [0.5, 0.6) is 0 Å². The van der Waals surface area contributed by atoms with E-state index in [1.807, 2.05) is 12.1 Å². The van der Waals surface area contributed by atoms with Gasteiger partial charge in [-0.1, -0.05) is 32.0 Å². The molecule has 1 aromatic rings. The van der Waals surface area contributed by atoms with Crippen LogP contribution in [0, 0.1) is 5.92 Å². The van der Waals surface area contributed by atoms with Crippen molar-refractivity contribution in [1.82, 2.24) is 0 Å². The van der Waals surface area contributed by atoms with Gasteiger partial charge < -0.3 is 10.0 Å². The van der Waals surface area contributed by atoms with Crippen LogP contribution in [0.4, 0.5) is 5.69 Å². The molecule has 0 saturated heterocycles. The number of carboxylic acids is 1. The molecule has 1 aromatic carbocycles. The van der Waals surface area contributed by atoms with Gasteiger partial charge in [-0.25, -0.2) is 0 Å². The molecule has 0 aliphatic heterocycles. The number of rotatable bonds is 6. The zero-order valence-electron chi connectivity index (χ0n) is 11.7. The Morgan fingerprint density at radius 3 is 2.39 bits per heavy atom. The molecule has 0 saturated carbocycles. The fourth-order valence-corrected chi connectivity index (χ4v) is 2.05. The van der Waals surface area contributed by atoms with Gasteiger partial charge >= 0.3 is 5.97 Å². The van der Waals surface area contributed by atoms with Gasteiger partial charge in [0.25, 0.3) is 0 Å². The van der Waals surface area contributed by atoms with Gasteiger partial charge in [0.05, 0.1) is 5.92 Å². The lowest BCUT2D eigenvalue weighted by Crippen LogP contribution is -2.37. The average molecular weight is 249 g/mol. The highest BCUT2D eigenvalue weighted by Gasteiger charge is 2.20. The summed E-state index contributed by atoms with van der Waals surface area (Å²) in [5, 5.41) is 9.06. The normalized spacial score (nSPS) is 12.5. The molecule has 0 aromatic heterocycles. The highest BCUT2D eigenvalue weighted by molar-refractivity contribution is 5.70. The maximum absolute atomic E-state index is 11.0. The molecule has 0 heterocycles. The zero-order chi connectivity index (χ0) is 13.7. The molecule has 0 radical (unpaired) electrons. The molecule has 18 heavy (non-hydrogen) atoms. The van der Waals surface area contributed by atoms with Crippen molar-refractivity contribution >= 4 is 11.7 Å². The number of carbonyl (C=O) groups is 1. The molecule has 1 unspecified atom stereocenters. The lowest BCUT2D eigenvalue weighted by molar-refractivity contribution is -0.140. The molecule has 1 N–H and O–H groups in total. The number of benzene rings is 1. The van der Waals surface area contributed by atoms with Gasteiger partial charge in [-0.05, 0) is 31.9 Å². The molecule has 1 rings (SSSR count). The Hall–Kier alpha value is -1.51. The Kier molecular flexibility index (Phi) is 5.20. The molecule has 0 aliphatic rings. The Bertz CT molecular complexity index is 401. The molecule has 1 atom stereocenters. The van der Waals surface area contributed by atoms with Gasteiger partial charge in [0.15, 0.2) is 0 Å². The number of anilines is 1. The highest BCUT2D eigenvalue weighted by Crippen LogP contribution is 2.24. The molecule has 0 spiro atoms. The quantitative estimate of drug-likeness (QED) is 0.841. The number of aryl methyl sites for hydroxylation is 1. The predicted molar refractivity (Wildman–Crippen MR) is 75.1 cm³/mol. The largest absolute Gasteiger partial charge is 0.481 e. The summed E-state index contributed by atoms with van der Waals surface area (Å²) in [6.07, 6.45) is 0.959. The number of para-hydroxylation sites is 1. The minimum absolute atomic E-state index is 0.291. The summed E-state index contributed by atoms with van der Waals surface area (Å²) >= 11 is 0. The summed E-state index contributed by atoms with van der Waals surface area (Å²) in [5.41, 5.74) is 2.42. The van der Waals surface area contributed by atoms with Crippen LogP contribution >= 0.6 is 0 Å². The first-order chi connectivity index (χ1) is 8.47. The van der Waals surface area contributed by atoms with Gasteiger partial charge in [0, 0.05) is 18.3 Å². The van der Waals surface area contributed by atoms with Crippen LogP contribution < -0.4 is 4.90 Å². The predicted octanol–water partition coefficient (Wildman–Crippen LogP) is 3.18. The minimum atomic E-state index is -0.741. The molecule has 100 valence electrons. The maximum Gasteiger partial charge on any atom is 0.308 e. The van der Waals surface area contributed by atoms with Crippen LogP contribution in [-0.4, -0.2) is 23.7 Å². The molecule has 0 fully saturated rings. The number of hydrogen-bond donors (Lipinski definition) is 1. The van der Waals surface area contributed by atoms with E-state index < -0.39 is 5.97 Å². The topological polar surface area (TPSA) is 40.5 Å². The van der Waals surface area contributed by atoms with Crippen molar-refractivity contribution in [3.63, 3.8) is 0 Å². The third-order valence-corrected chi connectivity index (χ3v) is 3.20. The van der Waals surface area contributed by atoms with Crippen molar-refractivity contribution in [2.75, 3.05) is 11.4 Å². The average Bonchev–Trinajstić information content (AvgIpc) is 2.35. The maximum atomic E-state index is 11.0. The zero-order valence-corrected chi connectivity index (χ0v) is 11.7. The molecule has 0 bridgehead atoms. The van der Waals surface area contributed by atoms with Crippen molar-refractivity contribution in [2.24, 2.45) is 5.92 Å². The second-order valence-electron chi connectivity index (χ2n) is 4.97. The fraction of sp³-hybridized carbons (Fsp3) is 0.533. The molecule has 3 heteroatoms. The lowest BCUT2D eigenvalue weighted by atomic mass is 10.1. The van der Waals surface area contributed by atoms with Crippen molar-refractivity contribution in [2.45, 2.75) is 40.2 Å².